The van der Waals surface area contributed by atoms with Gasteiger partial charge in [0.25, 0.3) is 0 Å². The van der Waals surface area contributed by atoms with Crippen LogP contribution in [-0.4, -0.2) is 21.0 Å². The Morgan fingerprint density at radius 1 is 0.868 bits per heavy atom. The number of ether oxygens (including phenoxy) is 2. The predicted molar refractivity (Wildman–Crippen MR) is 218 cm³/mol. The minimum absolute atomic E-state index is 0.0212. The predicted octanol–water partition coefficient (Wildman–Crippen LogP) is 12.0. The van der Waals surface area contributed by atoms with Crippen LogP contribution in [0.25, 0.3) is 27.6 Å². The second-order valence-electron chi connectivity index (χ2n) is 17.9. The molecule has 0 amide bonds. The number of hydrogen-bond donors (Lipinski definition) is 0. The Morgan fingerprint density at radius 2 is 1.64 bits per heavy atom. The first-order chi connectivity index (χ1) is 25.7. The van der Waals surface area contributed by atoms with Crippen LogP contribution in [0.4, 0.5) is 0 Å². The summed E-state index contributed by atoms with van der Waals surface area (Å²) in [6, 6.07) is 23.8. The molecule has 0 N–H and O–H groups in total. The highest BCUT2D eigenvalue weighted by Gasteiger charge is 2.59. The Kier molecular flexibility index (Phi) is 6.46. The first-order valence-electron chi connectivity index (χ1n) is 20.0. The minimum atomic E-state index is -1.75. The van der Waals surface area contributed by atoms with E-state index >= 15 is 0 Å². The van der Waals surface area contributed by atoms with Crippen LogP contribution in [0.3, 0.4) is 0 Å². The van der Waals surface area contributed by atoms with Gasteiger partial charge in [-0.3, -0.25) is 4.57 Å². The highest BCUT2D eigenvalue weighted by molar-refractivity contribution is 6.12. The van der Waals surface area contributed by atoms with Crippen LogP contribution in [0, 0.1) is 20.8 Å². The smallest absolute Gasteiger partial charge is 0.217 e. The van der Waals surface area contributed by atoms with Crippen LogP contribution >= 0.6 is 0 Å². The average Bonchev–Trinajstić information content (AvgIpc) is 3.63. The van der Waals surface area contributed by atoms with E-state index in [-0.39, 0.29) is 16.7 Å². The van der Waals surface area contributed by atoms with Crippen LogP contribution in [0.1, 0.15) is 127 Å². The number of hydrogen-bond acceptors (Lipinski definition) is 4. The Hall–Kier alpha value is -4.90. The maximum Gasteiger partial charge on any atom is 0.217 e. The molecule has 0 bridgehead atoms. The summed E-state index contributed by atoms with van der Waals surface area (Å²) in [6.45, 7) is 25.9. The van der Waals surface area contributed by atoms with Crippen molar-refractivity contribution in [3.63, 3.8) is 0 Å². The molecule has 9 rings (SSSR count). The molecule has 2 atom stereocenters. The number of aliphatic imine (C=N–C) groups is 1. The van der Waals surface area contributed by atoms with Gasteiger partial charge in [0.15, 0.2) is 0 Å². The summed E-state index contributed by atoms with van der Waals surface area (Å²) in [7, 11) is 0. The molecule has 5 nitrogen and oxygen atoms in total. The molecule has 5 heteroatoms. The Morgan fingerprint density at radius 3 is 2.38 bits per heavy atom. The molecule has 4 aromatic carbocycles. The molecule has 0 fully saturated rings. The van der Waals surface area contributed by atoms with Crippen LogP contribution in [0.15, 0.2) is 77.9 Å². The lowest BCUT2D eigenvalue weighted by Gasteiger charge is -2.35. The SMILES string of the molecule is [2H]C1([2H])c2c(ccc(C)c2C)[C@@]2(C)N=C(c3cc(Oc4cc5c(cc4C)c4cc(C(C)(C)C)cc6c4n5-c4ncccc4C6(C)C)cc(C(C)C)c3)O[C@@]12C. The van der Waals surface area contributed by atoms with Crippen LogP contribution < -0.4 is 4.74 Å². The van der Waals surface area contributed by atoms with Crippen molar-refractivity contribution < 1.29 is 12.2 Å². The van der Waals surface area contributed by atoms with Crippen molar-refractivity contribution in [1.29, 1.82) is 0 Å². The Bertz CT molecular complexity index is 2690. The van der Waals surface area contributed by atoms with Crippen molar-refractivity contribution in [3.05, 3.63) is 129 Å². The van der Waals surface area contributed by atoms with Crippen molar-refractivity contribution in [2.24, 2.45) is 4.99 Å². The van der Waals surface area contributed by atoms with Crippen molar-refractivity contribution >= 4 is 27.7 Å². The molecule has 1 aliphatic carbocycles. The first kappa shape index (κ1) is 31.6. The zero-order valence-electron chi connectivity index (χ0n) is 35.2. The number of aryl methyl sites for hydroxylation is 2. The van der Waals surface area contributed by atoms with Gasteiger partial charge in [0.1, 0.15) is 28.5 Å². The molecular weight excluding hydrogens is 651 g/mol. The first-order valence-corrected chi connectivity index (χ1v) is 19.0. The highest BCUT2D eigenvalue weighted by Crippen LogP contribution is 2.54. The molecule has 270 valence electrons. The van der Waals surface area contributed by atoms with Crippen molar-refractivity contribution in [3.8, 4) is 17.3 Å². The quantitative estimate of drug-likeness (QED) is 0.184. The lowest BCUT2D eigenvalue weighted by Crippen LogP contribution is -2.41. The molecule has 0 saturated heterocycles. The van der Waals surface area contributed by atoms with Gasteiger partial charge in [0.05, 0.1) is 11.0 Å². The monoisotopic (exact) mass is 703 g/mol. The molecule has 2 aliphatic heterocycles. The van der Waals surface area contributed by atoms with Gasteiger partial charge < -0.3 is 9.47 Å². The van der Waals surface area contributed by atoms with E-state index in [9.17, 15) is 2.74 Å². The summed E-state index contributed by atoms with van der Waals surface area (Å²) in [6.07, 6.45) is 0.137. The topological polar surface area (TPSA) is 48.6 Å². The van der Waals surface area contributed by atoms with E-state index in [4.69, 9.17) is 19.5 Å². The molecule has 0 saturated carbocycles. The minimum Gasteiger partial charge on any atom is -0.468 e. The van der Waals surface area contributed by atoms with E-state index in [1.165, 1.54) is 33.0 Å². The summed E-state index contributed by atoms with van der Waals surface area (Å²) in [4.78, 5) is 10.2. The molecule has 0 unspecified atom stereocenters. The Balaban J connectivity index is 1.20. The van der Waals surface area contributed by atoms with E-state index in [0.29, 0.717) is 17.2 Å². The van der Waals surface area contributed by atoms with Gasteiger partial charge in [0, 0.05) is 48.7 Å². The second kappa shape index (κ2) is 10.8. The van der Waals surface area contributed by atoms with Gasteiger partial charge >= 0.3 is 0 Å². The van der Waals surface area contributed by atoms with Crippen LogP contribution in [0.2, 0.25) is 0 Å². The fraction of sp³-hybridized carbons (Fsp3) is 0.375. The van der Waals surface area contributed by atoms with E-state index in [1.807, 2.05) is 52.1 Å². The number of nitrogens with zero attached hydrogens (tertiary/aromatic N) is 3. The van der Waals surface area contributed by atoms with Crippen LogP contribution in [0.5, 0.6) is 11.5 Å². The van der Waals surface area contributed by atoms with Gasteiger partial charge in [-0.15, -0.1) is 0 Å². The highest BCUT2D eigenvalue weighted by atomic mass is 16.5. The maximum absolute atomic E-state index is 9.44. The fourth-order valence-corrected chi connectivity index (χ4v) is 8.83. The van der Waals surface area contributed by atoms with Gasteiger partial charge in [-0.2, -0.15) is 0 Å². The van der Waals surface area contributed by atoms with Gasteiger partial charge in [-0.1, -0.05) is 72.7 Å². The third-order valence-corrected chi connectivity index (χ3v) is 12.6. The molecular formula is C48H51N3O2. The van der Waals surface area contributed by atoms with Gasteiger partial charge in [0.2, 0.25) is 5.90 Å². The molecule has 53 heavy (non-hydrogen) atoms. The zero-order chi connectivity index (χ0) is 39.4. The average molecular weight is 704 g/mol. The van der Waals surface area contributed by atoms with Crippen molar-refractivity contribution in [2.75, 3.05) is 0 Å². The second-order valence-corrected chi connectivity index (χ2v) is 17.9. The summed E-state index contributed by atoms with van der Waals surface area (Å²) in [5.74, 6) is 3.05. The van der Waals surface area contributed by atoms with E-state index < -0.39 is 17.5 Å². The lowest BCUT2D eigenvalue weighted by molar-refractivity contribution is 0.0475. The van der Waals surface area contributed by atoms with Gasteiger partial charge in [-0.05, 0) is 127 Å². The number of pyridine rings is 1. The lowest BCUT2D eigenvalue weighted by atomic mass is 9.73. The van der Waals surface area contributed by atoms with Crippen molar-refractivity contribution in [1.82, 2.24) is 9.55 Å². The Labute approximate surface area is 316 Å². The van der Waals surface area contributed by atoms with Crippen LogP contribution in [-0.2, 0) is 27.5 Å². The zero-order valence-corrected chi connectivity index (χ0v) is 33.2. The number of benzene rings is 4. The molecule has 6 aromatic rings. The standard InChI is InChI=1S/C48H51N3O2/c1-26(2)30-19-31(44-50-48(12)37-16-15-27(3)29(5)36(37)25-47(48,11)53-44)21-33(20-30)52-41-24-40-34(18-28(41)4)35-22-32(45(6,7)8)23-39-42(35)51(40)43-38(46(39,9)10)14-13-17-49-43/h13-24,26H,25H2,1-12H3/t47-,48+/m0/s1/i25D2. The molecule has 2 aromatic heterocycles. The summed E-state index contributed by atoms with van der Waals surface area (Å²) in [5.41, 5.74) is 10.2. The third-order valence-electron chi connectivity index (χ3n) is 12.6. The number of rotatable bonds is 4. The number of aromatic nitrogens is 2. The fourth-order valence-electron chi connectivity index (χ4n) is 8.83. The molecule has 0 radical (unpaired) electrons. The van der Waals surface area contributed by atoms with E-state index in [0.717, 1.165) is 50.5 Å². The molecule has 4 heterocycles. The summed E-state index contributed by atoms with van der Waals surface area (Å²) >= 11 is 0. The molecule has 0 spiro atoms. The third kappa shape index (κ3) is 4.68. The van der Waals surface area contributed by atoms with Gasteiger partial charge in [-0.25, -0.2) is 9.98 Å². The molecule has 3 aliphatic rings. The number of fused-ring (bicyclic) bond motifs is 8. The largest absolute Gasteiger partial charge is 0.468 e. The normalized spacial score (nSPS) is 22.6. The van der Waals surface area contributed by atoms with E-state index in [1.54, 1.807) is 0 Å². The maximum atomic E-state index is 9.44. The summed E-state index contributed by atoms with van der Waals surface area (Å²) in [5, 5.41) is 2.41. The van der Waals surface area contributed by atoms with Crippen molar-refractivity contribution in [2.45, 2.75) is 117 Å². The van der Waals surface area contributed by atoms with E-state index in [2.05, 4.69) is 108 Å². The summed E-state index contributed by atoms with van der Waals surface area (Å²) < 4.78 is 34.9.